The molecule has 1 aromatic rings. The zero-order valence-electron chi connectivity index (χ0n) is 9.42. The van der Waals surface area contributed by atoms with Gasteiger partial charge in [-0.05, 0) is 43.0 Å². The second kappa shape index (κ2) is 6.01. The molecular weight excluding hydrogens is 272 g/mol. The van der Waals surface area contributed by atoms with Crippen LogP contribution in [-0.4, -0.2) is 24.3 Å². The number of carboxylic acid groups (broad SMARTS) is 1. The number of benzene rings is 1. The molecule has 0 atom stereocenters. The summed E-state index contributed by atoms with van der Waals surface area (Å²) in [4.78, 5) is 10.2. The molecule has 0 heterocycles. The molecule has 0 bridgehead atoms. The van der Waals surface area contributed by atoms with Gasteiger partial charge in [-0.2, -0.15) is 0 Å². The average molecular weight is 287 g/mol. The number of carboxylic acids is 1. The lowest BCUT2D eigenvalue weighted by atomic mass is 10.0. The highest BCUT2D eigenvalue weighted by atomic mass is 79.9. The molecule has 1 rings (SSSR count). The molecule has 0 radical (unpaired) electrons. The van der Waals surface area contributed by atoms with Crippen LogP contribution in [0.15, 0.2) is 16.6 Å². The molecule has 0 fully saturated rings. The predicted octanol–water partition coefficient (Wildman–Crippen LogP) is 2.71. The van der Waals surface area contributed by atoms with Crippen LogP contribution in [0.3, 0.4) is 0 Å². The number of hydrogen-bond donors (Lipinski definition) is 1. The van der Waals surface area contributed by atoms with Crippen molar-refractivity contribution in [3.8, 4) is 0 Å². The van der Waals surface area contributed by atoms with Crippen LogP contribution in [0.1, 0.15) is 16.7 Å². The summed E-state index contributed by atoms with van der Waals surface area (Å²) in [6, 6.07) is 4.17. The lowest BCUT2D eigenvalue weighted by Crippen LogP contribution is -2.09. The summed E-state index contributed by atoms with van der Waals surface area (Å²) in [6.45, 7) is 4.28. The Labute approximate surface area is 104 Å². The predicted molar refractivity (Wildman–Crippen MR) is 65.8 cm³/mol. The van der Waals surface area contributed by atoms with Crippen molar-refractivity contribution < 1.29 is 14.6 Å². The molecule has 0 amide bonds. The Morgan fingerprint density at radius 1 is 1.38 bits per heavy atom. The molecule has 0 aromatic heterocycles. The van der Waals surface area contributed by atoms with E-state index in [4.69, 9.17) is 9.84 Å². The van der Waals surface area contributed by atoms with E-state index in [-0.39, 0.29) is 6.61 Å². The van der Waals surface area contributed by atoms with Crippen LogP contribution in [0, 0.1) is 13.8 Å². The largest absolute Gasteiger partial charge is 0.480 e. The van der Waals surface area contributed by atoms with Crippen LogP contribution >= 0.6 is 15.9 Å². The lowest BCUT2D eigenvalue weighted by Gasteiger charge is -2.08. The molecule has 0 saturated carbocycles. The van der Waals surface area contributed by atoms with Gasteiger partial charge in [-0.15, -0.1) is 0 Å². The van der Waals surface area contributed by atoms with Gasteiger partial charge in [-0.1, -0.05) is 22.0 Å². The molecule has 1 aromatic carbocycles. The van der Waals surface area contributed by atoms with Gasteiger partial charge in [-0.3, -0.25) is 0 Å². The fourth-order valence-electron chi connectivity index (χ4n) is 1.45. The summed E-state index contributed by atoms with van der Waals surface area (Å²) < 4.78 is 6.11. The zero-order chi connectivity index (χ0) is 12.1. The highest BCUT2D eigenvalue weighted by Gasteiger charge is 2.03. The number of carbonyl (C=O) groups is 1. The van der Waals surface area contributed by atoms with Crippen molar-refractivity contribution >= 4 is 21.9 Å². The highest BCUT2D eigenvalue weighted by Crippen LogP contribution is 2.21. The first kappa shape index (κ1) is 13.2. The minimum atomic E-state index is -0.927. The first-order valence-electron chi connectivity index (χ1n) is 5.06. The summed E-state index contributed by atoms with van der Waals surface area (Å²) in [7, 11) is 0. The first-order chi connectivity index (χ1) is 7.50. The lowest BCUT2D eigenvalue weighted by molar-refractivity contribution is -0.142. The molecule has 0 aliphatic rings. The van der Waals surface area contributed by atoms with E-state index < -0.39 is 5.97 Å². The van der Waals surface area contributed by atoms with Crippen LogP contribution in [-0.2, 0) is 16.0 Å². The van der Waals surface area contributed by atoms with Crippen molar-refractivity contribution in [3.63, 3.8) is 0 Å². The van der Waals surface area contributed by atoms with Crippen LogP contribution in [0.25, 0.3) is 0 Å². The van der Waals surface area contributed by atoms with Gasteiger partial charge in [0.15, 0.2) is 0 Å². The van der Waals surface area contributed by atoms with Crippen LogP contribution in [0.2, 0.25) is 0 Å². The molecule has 0 aliphatic carbocycles. The van der Waals surface area contributed by atoms with E-state index in [0.29, 0.717) is 6.61 Å². The fourth-order valence-corrected chi connectivity index (χ4v) is 1.91. The third-order valence-electron chi connectivity index (χ3n) is 2.36. The molecule has 3 nitrogen and oxygen atoms in total. The van der Waals surface area contributed by atoms with Gasteiger partial charge in [0, 0.05) is 4.47 Å². The third kappa shape index (κ3) is 3.94. The summed E-state index contributed by atoms with van der Waals surface area (Å²) in [5, 5.41) is 8.41. The van der Waals surface area contributed by atoms with Gasteiger partial charge in [0.2, 0.25) is 0 Å². The van der Waals surface area contributed by atoms with E-state index in [1.807, 2.05) is 13.8 Å². The smallest absolute Gasteiger partial charge is 0.329 e. The molecule has 4 heteroatoms. The van der Waals surface area contributed by atoms with E-state index >= 15 is 0 Å². The molecule has 88 valence electrons. The summed E-state index contributed by atoms with van der Waals surface area (Å²) in [6.07, 6.45) is 0.743. The number of aliphatic carboxylic acids is 1. The van der Waals surface area contributed by atoms with Crippen LogP contribution in [0.4, 0.5) is 0 Å². The van der Waals surface area contributed by atoms with E-state index in [9.17, 15) is 4.79 Å². The van der Waals surface area contributed by atoms with Gasteiger partial charge in [0.25, 0.3) is 0 Å². The molecule has 0 saturated heterocycles. The van der Waals surface area contributed by atoms with Crippen molar-refractivity contribution in [3.05, 3.63) is 33.3 Å². The Morgan fingerprint density at radius 3 is 2.69 bits per heavy atom. The fraction of sp³-hybridized carbons (Fsp3) is 0.417. The second-order valence-electron chi connectivity index (χ2n) is 3.72. The Hall–Kier alpha value is -0.870. The first-order valence-corrected chi connectivity index (χ1v) is 5.85. The molecule has 0 spiro atoms. The topological polar surface area (TPSA) is 46.5 Å². The number of aryl methyl sites for hydroxylation is 2. The van der Waals surface area contributed by atoms with Gasteiger partial charge in [0.1, 0.15) is 6.61 Å². The van der Waals surface area contributed by atoms with Gasteiger partial charge < -0.3 is 9.84 Å². The zero-order valence-corrected chi connectivity index (χ0v) is 11.0. The number of rotatable bonds is 5. The Balaban J connectivity index is 2.54. The second-order valence-corrected chi connectivity index (χ2v) is 4.58. The van der Waals surface area contributed by atoms with E-state index in [2.05, 4.69) is 28.1 Å². The number of ether oxygens (including phenoxy) is 1. The van der Waals surface area contributed by atoms with Crippen molar-refractivity contribution in [1.82, 2.24) is 0 Å². The number of halogens is 1. The molecular formula is C12H15BrO3. The highest BCUT2D eigenvalue weighted by molar-refractivity contribution is 9.10. The maximum Gasteiger partial charge on any atom is 0.329 e. The van der Waals surface area contributed by atoms with E-state index in [1.54, 1.807) is 0 Å². The minimum Gasteiger partial charge on any atom is -0.480 e. The molecule has 16 heavy (non-hydrogen) atoms. The van der Waals surface area contributed by atoms with Crippen LogP contribution in [0.5, 0.6) is 0 Å². The average Bonchev–Trinajstić information content (AvgIpc) is 2.19. The van der Waals surface area contributed by atoms with Crippen molar-refractivity contribution in [2.45, 2.75) is 20.3 Å². The SMILES string of the molecule is Cc1cc(CCOCC(=O)O)c(C)cc1Br. The third-order valence-corrected chi connectivity index (χ3v) is 3.21. The summed E-state index contributed by atoms with van der Waals surface area (Å²) >= 11 is 3.47. The van der Waals surface area contributed by atoms with Crippen LogP contribution < -0.4 is 0 Å². The standard InChI is InChI=1S/C12H15BrO3/c1-8-6-11(13)9(2)5-10(8)3-4-16-7-12(14)15/h5-6H,3-4,7H2,1-2H3,(H,14,15). The van der Waals surface area contributed by atoms with Gasteiger partial charge in [0.05, 0.1) is 6.61 Å². The van der Waals surface area contributed by atoms with Crippen molar-refractivity contribution in [1.29, 1.82) is 0 Å². The van der Waals surface area contributed by atoms with Gasteiger partial charge >= 0.3 is 5.97 Å². The quantitative estimate of drug-likeness (QED) is 0.847. The molecule has 1 N–H and O–H groups in total. The normalized spacial score (nSPS) is 10.4. The van der Waals surface area contributed by atoms with E-state index in [1.165, 1.54) is 16.7 Å². The van der Waals surface area contributed by atoms with Gasteiger partial charge in [-0.25, -0.2) is 4.79 Å². The number of hydrogen-bond acceptors (Lipinski definition) is 2. The Bertz CT molecular complexity index is 388. The maximum absolute atomic E-state index is 10.2. The Kier molecular flexibility index (Phi) is 4.96. The summed E-state index contributed by atoms with van der Waals surface area (Å²) in [5.41, 5.74) is 3.57. The molecule has 0 aliphatic heterocycles. The summed E-state index contributed by atoms with van der Waals surface area (Å²) in [5.74, 6) is -0.927. The van der Waals surface area contributed by atoms with Crippen molar-refractivity contribution in [2.24, 2.45) is 0 Å². The maximum atomic E-state index is 10.2. The monoisotopic (exact) mass is 286 g/mol. The molecule has 0 unspecified atom stereocenters. The minimum absolute atomic E-state index is 0.228. The van der Waals surface area contributed by atoms with E-state index in [0.717, 1.165) is 10.9 Å². The Morgan fingerprint density at radius 2 is 2.06 bits per heavy atom. The van der Waals surface area contributed by atoms with Crippen molar-refractivity contribution in [2.75, 3.05) is 13.2 Å².